The standard InChI is InChI=1S/C17H23N3O3/c21-16(20-9-1-2-10-20)13-5-7-14(8-6-13)19-17(22)18-12-15-4-3-11-23-15/h5-8,15H,1-4,9-12H2,(H2,18,19,22). The molecule has 0 radical (unpaired) electrons. The first-order valence-electron chi connectivity index (χ1n) is 8.28. The highest BCUT2D eigenvalue weighted by molar-refractivity contribution is 5.95. The van der Waals surface area contributed by atoms with Crippen molar-refractivity contribution in [2.24, 2.45) is 0 Å². The second-order valence-electron chi connectivity index (χ2n) is 6.05. The van der Waals surface area contributed by atoms with Gasteiger partial charge in [0.15, 0.2) is 0 Å². The fourth-order valence-corrected chi connectivity index (χ4v) is 2.99. The SMILES string of the molecule is O=C(NCC1CCCO1)Nc1ccc(C(=O)N2CCCC2)cc1. The average Bonchev–Trinajstić information content (AvgIpc) is 3.26. The normalized spacial score (nSPS) is 20.5. The van der Waals surface area contributed by atoms with Gasteiger partial charge in [0.1, 0.15) is 0 Å². The van der Waals surface area contributed by atoms with Gasteiger partial charge in [-0.1, -0.05) is 0 Å². The summed E-state index contributed by atoms with van der Waals surface area (Å²) in [5, 5.41) is 5.58. The topological polar surface area (TPSA) is 70.7 Å². The predicted molar refractivity (Wildman–Crippen MR) is 87.6 cm³/mol. The maximum absolute atomic E-state index is 12.2. The number of rotatable bonds is 4. The summed E-state index contributed by atoms with van der Waals surface area (Å²) < 4.78 is 5.46. The number of ether oxygens (including phenoxy) is 1. The van der Waals surface area contributed by atoms with Crippen molar-refractivity contribution >= 4 is 17.6 Å². The highest BCUT2D eigenvalue weighted by Gasteiger charge is 2.19. The van der Waals surface area contributed by atoms with Crippen molar-refractivity contribution < 1.29 is 14.3 Å². The van der Waals surface area contributed by atoms with Gasteiger partial charge in [-0.2, -0.15) is 0 Å². The molecule has 3 rings (SSSR count). The van der Waals surface area contributed by atoms with Crippen LogP contribution in [0.3, 0.4) is 0 Å². The Morgan fingerprint density at radius 3 is 2.52 bits per heavy atom. The van der Waals surface area contributed by atoms with Crippen LogP contribution in [-0.2, 0) is 4.74 Å². The lowest BCUT2D eigenvalue weighted by Crippen LogP contribution is -2.35. The van der Waals surface area contributed by atoms with E-state index < -0.39 is 0 Å². The summed E-state index contributed by atoms with van der Waals surface area (Å²) in [6.45, 7) is 2.98. The van der Waals surface area contributed by atoms with Crippen LogP contribution in [0.1, 0.15) is 36.0 Å². The summed E-state index contributed by atoms with van der Waals surface area (Å²) in [4.78, 5) is 26.0. The van der Waals surface area contributed by atoms with E-state index in [9.17, 15) is 9.59 Å². The van der Waals surface area contributed by atoms with Crippen LogP contribution in [0.5, 0.6) is 0 Å². The fraction of sp³-hybridized carbons (Fsp3) is 0.529. The van der Waals surface area contributed by atoms with Gasteiger partial charge in [-0.25, -0.2) is 4.79 Å². The van der Waals surface area contributed by atoms with Crippen molar-refractivity contribution in [2.75, 3.05) is 31.6 Å². The van der Waals surface area contributed by atoms with Gasteiger partial charge in [0.05, 0.1) is 6.10 Å². The lowest BCUT2D eigenvalue weighted by Gasteiger charge is -2.15. The number of benzene rings is 1. The monoisotopic (exact) mass is 317 g/mol. The van der Waals surface area contributed by atoms with Crippen molar-refractivity contribution in [3.63, 3.8) is 0 Å². The summed E-state index contributed by atoms with van der Waals surface area (Å²) in [7, 11) is 0. The van der Waals surface area contributed by atoms with Gasteiger partial charge in [-0.05, 0) is 49.9 Å². The van der Waals surface area contributed by atoms with Crippen molar-refractivity contribution in [1.29, 1.82) is 0 Å². The molecule has 0 saturated carbocycles. The van der Waals surface area contributed by atoms with E-state index >= 15 is 0 Å². The third-order valence-corrected chi connectivity index (χ3v) is 4.30. The minimum Gasteiger partial charge on any atom is -0.376 e. The van der Waals surface area contributed by atoms with Crippen molar-refractivity contribution in [2.45, 2.75) is 31.8 Å². The van der Waals surface area contributed by atoms with Crippen molar-refractivity contribution in [3.05, 3.63) is 29.8 Å². The van der Waals surface area contributed by atoms with Crippen molar-refractivity contribution in [1.82, 2.24) is 10.2 Å². The molecule has 0 aliphatic carbocycles. The summed E-state index contributed by atoms with van der Waals surface area (Å²) in [5.41, 5.74) is 1.34. The zero-order chi connectivity index (χ0) is 16.1. The zero-order valence-electron chi connectivity index (χ0n) is 13.2. The molecule has 1 atom stereocenters. The van der Waals surface area contributed by atoms with E-state index in [-0.39, 0.29) is 18.0 Å². The molecule has 3 amide bonds. The highest BCUT2D eigenvalue weighted by atomic mass is 16.5. The molecule has 0 spiro atoms. The average molecular weight is 317 g/mol. The Bertz CT molecular complexity index is 547. The second-order valence-corrected chi connectivity index (χ2v) is 6.05. The van der Waals surface area contributed by atoms with E-state index in [4.69, 9.17) is 4.74 Å². The quantitative estimate of drug-likeness (QED) is 0.894. The fourth-order valence-electron chi connectivity index (χ4n) is 2.99. The predicted octanol–water partition coefficient (Wildman–Crippen LogP) is 2.22. The number of likely N-dealkylation sites (tertiary alicyclic amines) is 1. The van der Waals surface area contributed by atoms with Crippen LogP contribution in [0.2, 0.25) is 0 Å². The van der Waals surface area contributed by atoms with E-state index in [2.05, 4.69) is 10.6 Å². The molecule has 124 valence electrons. The first kappa shape index (κ1) is 15.8. The van der Waals surface area contributed by atoms with Crippen LogP contribution in [0.25, 0.3) is 0 Å². The third kappa shape index (κ3) is 4.22. The molecule has 2 heterocycles. The smallest absolute Gasteiger partial charge is 0.319 e. The van der Waals surface area contributed by atoms with E-state index in [1.807, 2.05) is 4.90 Å². The first-order valence-corrected chi connectivity index (χ1v) is 8.28. The Hall–Kier alpha value is -2.08. The van der Waals surface area contributed by atoms with Gasteiger partial charge in [-0.3, -0.25) is 4.79 Å². The minimum atomic E-state index is -0.251. The summed E-state index contributed by atoms with van der Waals surface area (Å²) in [6.07, 6.45) is 4.34. The Morgan fingerprint density at radius 2 is 1.87 bits per heavy atom. The Kier molecular flexibility index (Phi) is 5.12. The Balaban J connectivity index is 1.48. The molecule has 2 aliphatic heterocycles. The lowest BCUT2D eigenvalue weighted by molar-refractivity contribution is 0.0793. The highest BCUT2D eigenvalue weighted by Crippen LogP contribution is 2.15. The van der Waals surface area contributed by atoms with Gasteiger partial charge in [0.25, 0.3) is 5.91 Å². The lowest BCUT2D eigenvalue weighted by atomic mass is 10.2. The molecule has 2 saturated heterocycles. The van der Waals surface area contributed by atoms with E-state index in [0.29, 0.717) is 17.8 Å². The summed E-state index contributed by atoms with van der Waals surface area (Å²) in [5.74, 6) is 0.0666. The maximum Gasteiger partial charge on any atom is 0.319 e. The molecule has 23 heavy (non-hydrogen) atoms. The van der Waals surface area contributed by atoms with Crippen LogP contribution >= 0.6 is 0 Å². The number of carbonyl (C=O) groups excluding carboxylic acids is 2. The number of hydrogen-bond acceptors (Lipinski definition) is 3. The molecular formula is C17H23N3O3. The molecule has 1 aromatic rings. The van der Waals surface area contributed by atoms with Gasteiger partial charge < -0.3 is 20.3 Å². The van der Waals surface area contributed by atoms with E-state index in [1.54, 1.807) is 24.3 Å². The molecule has 2 N–H and O–H groups in total. The van der Waals surface area contributed by atoms with Crippen LogP contribution in [0.15, 0.2) is 24.3 Å². The number of carbonyl (C=O) groups is 2. The molecule has 2 aliphatic rings. The molecule has 6 heteroatoms. The number of hydrogen-bond donors (Lipinski definition) is 2. The molecule has 6 nitrogen and oxygen atoms in total. The number of urea groups is 1. The minimum absolute atomic E-state index is 0.0666. The number of anilines is 1. The third-order valence-electron chi connectivity index (χ3n) is 4.30. The maximum atomic E-state index is 12.2. The van der Waals surface area contributed by atoms with Crippen LogP contribution in [0.4, 0.5) is 10.5 Å². The Labute approximate surface area is 136 Å². The van der Waals surface area contributed by atoms with Crippen LogP contribution < -0.4 is 10.6 Å². The Morgan fingerprint density at radius 1 is 1.13 bits per heavy atom. The van der Waals surface area contributed by atoms with Gasteiger partial charge in [-0.15, -0.1) is 0 Å². The van der Waals surface area contributed by atoms with E-state index in [1.165, 1.54) is 0 Å². The molecule has 1 aromatic carbocycles. The van der Waals surface area contributed by atoms with Gasteiger partial charge in [0, 0.05) is 37.5 Å². The summed E-state index contributed by atoms with van der Waals surface area (Å²) in [6, 6.07) is 6.79. The molecule has 2 fully saturated rings. The number of amides is 3. The molecular weight excluding hydrogens is 294 g/mol. The first-order chi connectivity index (χ1) is 11.2. The second kappa shape index (κ2) is 7.46. The zero-order valence-corrected chi connectivity index (χ0v) is 13.2. The number of nitrogens with zero attached hydrogens (tertiary/aromatic N) is 1. The molecule has 0 aromatic heterocycles. The van der Waals surface area contributed by atoms with Crippen molar-refractivity contribution in [3.8, 4) is 0 Å². The number of nitrogens with one attached hydrogen (secondary N) is 2. The van der Waals surface area contributed by atoms with Gasteiger partial charge in [0.2, 0.25) is 0 Å². The van der Waals surface area contributed by atoms with Crippen LogP contribution in [-0.4, -0.2) is 49.2 Å². The summed E-state index contributed by atoms with van der Waals surface area (Å²) >= 11 is 0. The molecule has 1 unspecified atom stereocenters. The molecule has 0 bridgehead atoms. The van der Waals surface area contributed by atoms with Crippen LogP contribution in [0, 0.1) is 0 Å². The largest absolute Gasteiger partial charge is 0.376 e. The van der Waals surface area contributed by atoms with Gasteiger partial charge >= 0.3 is 6.03 Å². The van der Waals surface area contributed by atoms with E-state index in [0.717, 1.165) is 45.4 Å².